The van der Waals surface area contributed by atoms with E-state index < -0.39 is 0 Å². The van der Waals surface area contributed by atoms with Crippen LogP contribution in [0.4, 0.5) is 17.3 Å². The van der Waals surface area contributed by atoms with Crippen molar-refractivity contribution < 1.29 is 4.42 Å². The third kappa shape index (κ3) is 3.79. The van der Waals surface area contributed by atoms with Crippen LogP contribution in [0.5, 0.6) is 0 Å². The quantitative estimate of drug-likeness (QED) is 0.763. The van der Waals surface area contributed by atoms with E-state index in [-0.39, 0.29) is 0 Å². The van der Waals surface area contributed by atoms with Crippen molar-refractivity contribution in [2.24, 2.45) is 0 Å². The van der Waals surface area contributed by atoms with Crippen molar-refractivity contribution in [3.05, 3.63) is 66.4 Å². The molecule has 4 rings (SSSR count). The molecule has 1 aliphatic rings. The van der Waals surface area contributed by atoms with Crippen LogP contribution < -0.4 is 15.1 Å². The van der Waals surface area contributed by atoms with Gasteiger partial charge in [0.1, 0.15) is 23.7 Å². The van der Waals surface area contributed by atoms with Crippen molar-refractivity contribution in [3.8, 4) is 0 Å². The van der Waals surface area contributed by atoms with Crippen molar-refractivity contribution >= 4 is 17.3 Å². The van der Waals surface area contributed by atoms with Crippen molar-refractivity contribution in [2.45, 2.75) is 13.5 Å². The average molecular weight is 349 g/mol. The zero-order valence-electron chi connectivity index (χ0n) is 14.9. The van der Waals surface area contributed by atoms with Crippen LogP contribution in [-0.2, 0) is 6.54 Å². The molecule has 26 heavy (non-hydrogen) atoms. The van der Waals surface area contributed by atoms with Gasteiger partial charge in [-0.2, -0.15) is 0 Å². The number of hydrogen-bond acceptors (Lipinski definition) is 6. The van der Waals surface area contributed by atoms with Crippen LogP contribution in [0.2, 0.25) is 0 Å². The van der Waals surface area contributed by atoms with Gasteiger partial charge in [-0.1, -0.05) is 12.1 Å². The highest BCUT2D eigenvalue weighted by atomic mass is 16.3. The standard InChI is InChI=1S/C20H23N5O/c1-16-4-2-5-17(12-16)24-7-9-25(10-8-24)20-13-19(22-15-23-20)21-14-18-6-3-11-26-18/h2-6,11-13,15H,7-10,14H2,1H3,(H,21,22,23). The fourth-order valence-corrected chi connectivity index (χ4v) is 3.23. The summed E-state index contributed by atoms with van der Waals surface area (Å²) in [5.74, 6) is 2.66. The maximum Gasteiger partial charge on any atom is 0.134 e. The number of anilines is 3. The van der Waals surface area contributed by atoms with Crippen molar-refractivity contribution in [1.29, 1.82) is 0 Å². The van der Waals surface area contributed by atoms with Gasteiger partial charge in [0.15, 0.2) is 0 Å². The highest BCUT2D eigenvalue weighted by Gasteiger charge is 2.18. The Balaban J connectivity index is 1.37. The van der Waals surface area contributed by atoms with E-state index in [0.717, 1.165) is 43.6 Å². The Morgan fingerprint density at radius 3 is 2.62 bits per heavy atom. The minimum absolute atomic E-state index is 0.616. The lowest BCUT2D eigenvalue weighted by molar-refractivity contribution is 0.518. The molecule has 0 radical (unpaired) electrons. The molecule has 1 saturated heterocycles. The zero-order chi connectivity index (χ0) is 17.8. The summed E-state index contributed by atoms with van der Waals surface area (Å²) >= 11 is 0. The first-order valence-corrected chi connectivity index (χ1v) is 8.93. The minimum atomic E-state index is 0.616. The van der Waals surface area contributed by atoms with Crippen LogP contribution in [-0.4, -0.2) is 36.1 Å². The number of aromatic nitrogens is 2. The Labute approximate surface area is 153 Å². The predicted octanol–water partition coefficient (Wildman–Crippen LogP) is 3.32. The van der Waals surface area contributed by atoms with Crippen LogP contribution >= 0.6 is 0 Å². The van der Waals surface area contributed by atoms with E-state index in [1.54, 1.807) is 12.6 Å². The van der Waals surface area contributed by atoms with Crippen molar-refractivity contribution in [1.82, 2.24) is 9.97 Å². The Kier molecular flexibility index (Phi) is 4.73. The molecule has 1 N–H and O–H groups in total. The van der Waals surface area contributed by atoms with E-state index in [1.165, 1.54) is 11.3 Å². The summed E-state index contributed by atoms with van der Waals surface area (Å²) in [6, 6.07) is 14.5. The van der Waals surface area contributed by atoms with E-state index in [1.807, 2.05) is 18.2 Å². The van der Waals surface area contributed by atoms with Gasteiger partial charge in [0, 0.05) is 37.9 Å². The second-order valence-electron chi connectivity index (χ2n) is 6.51. The molecule has 3 aromatic rings. The fraction of sp³-hybridized carbons (Fsp3) is 0.300. The zero-order valence-corrected chi connectivity index (χ0v) is 14.9. The number of furan rings is 1. The van der Waals surface area contributed by atoms with Crippen LogP contribution in [0.1, 0.15) is 11.3 Å². The number of nitrogens with one attached hydrogen (secondary N) is 1. The largest absolute Gasteiger partial charge is 0.467 e. The summed E-state index contributed by atoms with van der Waals surface area (Å²) in [6.07, 6.45) is 3.29. The van der Waals surface area contributed by atoms with Crippen molar-refractivity contribution in [3.63, 3.8) is 0 Å². The lowest BCUT2D eigenvalue weighted by Crippen LogP contribution is -2.46. The third-order valence-corrected chi connectivity index (χ3v) is 4.65. The summed E-state index contributed by atoms with van der Waals surface area (Å²) in [6.45, 7) is 6.62. The Morgan fingerprint density at radius 1 is 1.00 bits per heavy atom. The van der Waals surface area contributed by atoms with Gasteiger partial charge < -0.3 is 19.5 Å². The number of nitrogens with zero attached hydrogens (tertiary/aromatic N) is 4. The van der Waals surface area contributed by atoms with Gasteiger partial charge in [-0.3, -0.25) is 0 Å². The Hall–Kier alpha value is -3.02. The monoisotopic (exact) mass is 349 g/mol. The minimum Gasteiger partial charge on any atom is -0.467 e. The molecular formula is C20H23N5O. The lowest BCUT2D eigenvalue weighted by atomic mass is 10.2. The third-order valence-electron chi connectivity index (χ3n) is 4.65. The van der Waals surface area contributed by atoms with Gasteiger partial charge in [0.2, 0.25) is 0 Å². The first kappa shape index (κ1) is 16.4. The molecule has 0 atom stereocenters. The van der Waals surface area contributed by atoms with Crippen LogP contribution in [0.3, 0.4) is 0 Å². The van der Waals surface area contributed by atoms with E-state index in [4.69, 9.17) is 4.42 Å². The summed E-state index contributed by atoms with van der Waals surface area (Å²) in [4.78, 5) is 13.5. The molecule has 2 aromatic heterocycles. The molecule has 1 aromatic carbocycles. The summed E-state index contributed by atoms with van der Waals surface area (Å²) in [5, 5.41) is 3.29. The first-order chi connectivity index (χ1) is 12.8. The molecule has 0 amide bonds. The van der Waals surface area contributed by atoms with Gasteiger partial charge in [-0.15, -0.1) is 0 Å². The van der Waals surface area contributed by atoms with Gasteiger partial charge in [-0.25, -0.2) is 9.97 Å². The molecule has 1 aliphatic heterocycles. The molecule has 1 fully saturated rings. The van der Waals surface area contributed by atoms with Gasteiger partial charge in [-0.05, 0) is 36.8 Å². The highest BCUT2D eigenvalue weighted by Crippen LogP contribution is 2.21. The predicted molar refractivity (Wildman–Crippen MR) is 104 cm³/mol. The second kappa shape index (κ2) is 7.47. The second-order valence-corrected chi connectivity index (χ2v) is 6.51. The van der Waals surface area contributed by atoms with Gasteiger partial charge in [0.05, 0.1) is 12.8 Å². The highest BCUT2D eigenvalue weighted by molar-refractivity contribution is 5.53. The molecule has 134 valence electrons. The number of rotatable bonds is 5. The number of hydrogen-bond donors (Lipinski definition) is 1. The van der Waals surface area contributed by atoms with Gasteiger partial charge in [0.25, 0.3) is 0 Å². The molecule has 6 nitrogen and oxygen atoms in total. The van der Waals surface area contributed by atoms with Gasteiger partial charge >= 0.3 is 0 Å². The molecule has 3 heterocycles. The Bertz CT molecular complexity index is 841. The van der Waals surface area contributed by atoms with E-state index in [2.05, 4.69) is 56.3 Å². The summed E-state index contributed by atoms with van der Waals surface area (Å²) < 4.78 is 5.34. The fourth-order valence-electron chi connectivity index (χ4n) is 3.23. The SMILES string of the molecule is Cc1cccc(N2CCN(c3cc(NCc4ccco4)ncn3)CC2)c1. The normalized spacial score (nSPS) is 14.5. The number of aryl methyl sites for hydroxylation is 1. The smallest absolute Gasteiger partial charge is 0.134 e. The topological polar surface area (TPSA) is 57.4 Å². The number of benzene rings is 1. The van der Waals surface area contributed by atoms with Crippen LogP contribution in [0.25, 0.3) is 0 Å². The average Bonchev–Trinajstić information content (AvgIpc) is 3.20. The Morgan fingerprint density at radius 2 is 1.85 bits per heavy atom. The molecule has 0 spiro atoms. The van der Waals surface area contributed by atoms with Crippen LogP contribution in [0.15, 0.2) is 59.5 Å². The molecule has 0 aliphatic carbocycles. The maximum absolute atomic E-state index is 5.34. The molecular weight excluding hydrogens is 326 g/mol. The lowest BCUT2D eigenvalue weighted by Gasteiger charge is -2.36. The molecule has 0 bridgehead atoms. The van der Waals surface area contributed by atoms with E-state index in [0.29, 0.717) is 6.54 Å². The maximum atomic E-state index is 5.34. The van der Waals surface area contributed by atoms with Crippen molar-refractivity contribution in [2.75, 3.05) is 41.3 Å². The van der Waals surface area contributed by atoms with E-state index in [9.17, 15) is 0 Å². The number of piperazine rings is 1. The molecule has 0 unspecified atom stereocenters. The molecule has 6 heteroatoms. The molecule has 0 saturated carbocycles. The summed E-state index contributed by atoms with van der Waals surface area (Å²) in [5.41, 5.74) is 2.60. The van der Waals surface area contributed by atoms with Crippen LogP contribution in [0, 0.1) is 6.92 Å². The van der Waals surface area contributed by atoms with E-state index >= 15 is 0 Å². The summed E-state index contributed by atoms with van der Waals surface area (Å²) in [7, 11) is 0. The first-order valence-electron chi connectivity index (χ1n) is 8.93.